The van der Waals surface area contributed by atoms with Crippen molar-refractivity contribution in [1.29, 1.82) is 0 Å². The average Bonchev–Trinajstić information content (AvgIpc) is 2.38. The van der Waals surface area contributed by atoms with E-state index < -0.39 is 9.90 Å². The summed E-state index contributed by atoms with van der Waals surface area (Å²) in [5.41, 5.74) is 2.27. The molecule has 0 aliphatic carbocycles. The van der Waals surface area contributed by atoms with Crippen LogP contribution >= 0.6 is 34.8 Å². The van der Waals surface area contributed by atoms with Crippen molar-refractivity contribution in [3.8, 4) is 11.1 Å². The van der Waals surface area contributed by atoms with Crippen molar-refractivity contribution in [2.24, 2.45) is 0 Å². The molecular formula is C14H10Cl3FO. The van der Waals surface area contributed by atoms with Crippen LogP contribution < -0.4 is 0 Å². The molecule has 100 valence electrons. The molecule has 0 fully saturated rings. The molecule has 0 spiro atoms. The molecule has 1 unspecified atom stereocenters. The van der Waals surface area contributed by atoms with Gasteiger partial charge in [0.25, 0.3) is 0 Å². The molecule has 0 amide bonds. The van der Waals surface area contributed by atoms with E-state index in [1.54, 1.807) is 36.4 Å². The first-order chi connectivity index (χ1) is 8.88. The fourth-order valence-electron chi connectivity index (χ4n) is 1.69. The van der Waals surface area contributed by atoms with E-state index in [2.05, 4.69) is 0 Å². The zero-order valence-electron chi connectivity index (χ0n) is 9.66. The number of halogens is 4. The lowest BCUT2D eigenvalue weighted by molar-refractivity contribution is 0.182. The van der Waals surface area contributed by atoms with Crippen molar-refractivity contribution in [2.45, 2.75) is 9.90 Å². The van der Waals surface area contributed by atoms with E-state index in [0.717, 1.165) is 11.1 Å². The largest absolute Gasteiger partial charge is 0.384 e. The third-order valence-corrected chi connectivity index (χ3v) is 3.33. The summed E-state index contributed by atoms with van der Waals surface area (Å²) in [4.78, 5) is 0. The first-order valence-corrected chi connectivity index (χ1v) is 6.62. The summed E-state index contributed by atoms with van der Waals surface area (Å²) >= 11 is 16.9. The fraction of sp³-hybridized carbons (Fsp3) is 0.143. The van der Waals surface area contributed by atoms with Crippen LogP contribution in [-0.2, 0) is 0 Å². The Morgan fingerprint density at radius 1 is 0.842 bits per heavy atom. The predicted molar refractivity (Wildman–Crippen MR) is 77.1 cm³/mol. The summed E-state index contributed by atoms with van der Waals surface area (Å²) in [6.45, 7) is 0. The van der Waals surface area contributed by atoms with Crippen molar-refractivity contribution in [3.63, 3.8) is 0 Å². The molecule has 0 radical (unpaired) electrons. The van der Waals surface area contributed by atoms with Gasteiger partial charge in [-0.15, -0.1) is 0 Å². The van der Waals surface area contributed by atoms with E-state index >= 15 is 0 Å². The maximum Gasteiger partial charge on any atom is 0.220 e. The fourth-order valence-corrected chi connectivity index (χ4v) is 2.07. The Bertz CT molecular complexity index is 546. The molecule has 0 saturated heterocycles. The van der Waals surface area contributed by atoms with Crippen LogP contribution in [0.1, 0.15) is 11.7 Å². The van der Waals surface area contributed by atoms with Crippen molar-refractivity contribution < 1.29 is 9.50 Å². The predicted octanol–water partition coefficient (Wildman–Crippen LogP) is 4.90. The maximum atomic E-state index is 12.8. The molecule has 2 rings (SSSR count). The number of benzene rings is 2. The van der Waals surface area contributed by atoms with Gasteiger partial charge in [0.15, 0.2) is 0 Å². The third-order valence-electron chi connectivity index (χ3n) is 2.71. The third kappa shape index (κ3) is 3.61. The second-order valence-electron chi connectivity index (χ2n) is 4.07. The molecule has 2 aromatic carbocycles. The van der Waals surface area contributed by atoms with Gasteiger partial charge in [-0.2, -0.15) is 0 Å². The van der Waals surface area contributed by atoms with Crippen LogP contribution in [0, 0.1) is 5.82 Å². The molecule has 0 aliphatic rings. The quantitative estimate of drug-likeness (QED) is 0.781. The van der Waals surface area contributed by atoms with Crippen LogP contribution in [0.25, 0.3) is 11.1 Å². The lowest BCUT2D eigenvalue weighted by Crippen LogP contribution is -2.16. The van der Waals surface area contributed by atoms with Crippen LogP contribution in [0.4, 0.5) is 4.39 Å². The molecular weight excluding hydrogens is 310 g/mol. The Labute approximate surface area is 125 Å². The van der Waals surface area contributed by atoms with E-state index in [4.69, 9.17) is 34.8 Å². The number of aliphatic hydroxyl groups is 1. The van der Waals surface area contributed by atoms with Gasteiger partial charge < -0.3 is 5.11 Å². The minimum Gasteiger partial charge on any atom is -0.384 e. The standard InChI is InChI=1S/C14H10Cl3FO/c15-14(16,17)13(19)11-3-1-9(2-4-11)10-5-7-12(18)8-6-10/h1-8,13,19H. The van der Waals surface area contributed by atoms with E-state index in [9.17, 15) is 9.50 Å². The number of rotatable bonds is 2. The van der Waals surface area contributed by atoms with Crippen molar-refractivity contribution in [3.05, 3.63) is 59.9 Å². The highest BCUT2D eigenvalue weighted by molar-refractivity contribution is 6.68. The number of hydrogen-bond donors (Lipinski definition) is 1. The van der Waals surface area contributed by atoms with E-state index in [-0.39, 0.29) is 5.82 Å². The van der Waals surface area contributed by atoms with Crippen LogP contribution in [0.3, 0.4) is 0 Å². The second kappa shape index (κ2) is 5.68. The minimum absolute atomic E-state index is 0.285. The molecule has 0 saturated carbocycles. The van der Waals surface area contributed by atoms with Gasteiger partial charge in [-0.3, -0.25) is 0 Å². The van der Waals surface area contributed by atoms with E-state index in [1.807, 2.05) is 0 Å². The van der Waals surface area contributed by atoms with Crippen molar-refractivity contribution in [2.75, 3.05) is 0 Å². The smallest absolute Gasteiger partial charge is 0.220 e. The van der Waals surface area contributed by atoms with Gasteiger partial charge in [-0.1, -0.05) is 71.2 Å². The van der Waals surface area contributed by atoms with Gasteiger partial charge in [0, 0.05) is 0 Å². The Hall–Kier alpha value is -0.800. The number of alkyl halides is 3. The van der Waals surface area contributed by atoms with Gasteiger partial charge in [0.05, 0.1) is 0 Å². The SMILES string of the molecule is OC(c1ccc(-c2ccc(F)cc2)cc1)C(Cl)(Cl)Cl. The monoisotopic (exact) mass is 318 g/mol. The van der Waals surface area contributed by atoms with Gasteiger partial charge in [0.2, 0.25) is 3.79 Å². The Balaban J connectivity index is 2.26. The number of hydrogen-bond acceptors (Lipinski definition) is 1. The zero-order chi connectivity index (χ0) is 14.0. The maximum absolute atomic E-state index is 12.8. The summed E-state index contributed by atoms with van der Waals surface area (Å²) in [7, 11) is 0. The summed E-state index contributed by atoms with van der Waals surface area (Å²) in [5.74, 6) is -0.285. The summed E-state index contributed by atoms with van der Waals surface area (Å²) in [5, 5.41) is 9.81. The van der Waals surface area contributed by atoms with Crippen molar-refractivity contribution in [1.82, 2.24) is 0 Å². The summed E-state index contributed by atoms with van der Waals surface area (Å²) in [6, 6.07) is 13.0. The van der Waals surface area contributed by atoms with Crippen molar-refractivity contribution >= 4 is 34.8 Å². The highest BCUT2D eigenvalue weighted by Gasteiger charge is 2.31. The van der Waals surface area contributed by atoms with Gasteiger partial charge in [-0.05, 0) is 28.8 Å². The molecule has 19 heavy (non-hydrogen) atoms. The Kier molecular flexibility index (Phi) is 4.36. The lowest BCUT2D eigenvalue weighted by atomic mass is 10.0. The highest BCUT2D eigenvalue weighted by atomic mass is 35.6. The molecule has 1 atom stereocenters. The van der Waals surface area contributed by atoms with Crippen LogP contribution in [0.2, 0.25) is 0 Å². The topological polar surface area (TPSA) is 20.2 Å². The second-order valence-corrected chi connectivity index (χ2v) is 6.44. The Morgan fingerprint density at radius 2 is 1.26 bits per heavy atom. The van der Waals surface area contributed by atoms with Gasteiger partial charge in [-0.25, -0.2) is 4.39 Å². The molecule has 0 aromatic heterocycles. The Morgan fingerprint density at radius 3 is 1.68 bits per heavy atom. The zero-order valence-corrected chi connectivity index (χ0v) is 11.9. The number of aliphatic hydroxyl groups excluding tert-OH is 1. The van der Waals surface area contributed by atoms with Gasteiger partial charge in [0.1, 0.15) is 11.9 Å². The summed E-state index contributed by atoms with van der Waals surface area (Å²) < 4.78 is 11.1. The summed E-state index contributed by atoms with van der Waals surface area (Å²) in [6.07, 6.45) is -1.19. The molecule has 2 aromatic rings. The van der Waals surface area contributed by atoms with Crippen LogP contribution in [-0.4, -0.2) is 8.90 Å². The molecule has 1 nitrogen and oxygen atoms in total. The van der Waals surface area contributed by atoms with Gasteiger partial charge >= 0.3 is 0 Å². The highest BCUT2D eigenvalue weighted by Crippen LogP contribution is 2.39. The molecule has 0 aliphatic heterocycles. The average molecular weight is 320 g/mol. The first-order valence-electron chi connectivity index (χ1n) is 5.48. The van der Waals surface area contributed by atoms with E-state index in [1.165, 1.54) is 12.1 Å². The van der Waals surface area contributed by atoms with Crippen LogP contribution in [0.5, 0.6) is 0 Å². The van der Waals surface area contributed by atoms with Crippen LogP contribution in [0.15, 0.2) is 48.5 Å². The molecule has 5 heteroatoms. The van der Waals surface area contributed by atoms with E-state index in [0.29, 0.717) is 5.56 Å². The first kappa shape index (κ1) is 14.6. The lowest BCUT2D eigenvalue weighted by Gasteiger charge is -2.19. The minimum atomic E-state index is -1.77. The molecule has 1 N–H and O–H groups in total. The molecule has 0 heterocycles. The molecule has 0 bridgehead atoms. The normalized spacial score (nSPS) is 13.3.